The monoisotopic (exact) mass is 289 g/mol. The summed E-state index contributed by atoms with van der Waals surface area (Å²) in [6.45, 7) is 6.17. The maximum Gasteiger partial charge on any atom is 0.434 e. The molecule has 1 aromatic rings. The molecule has 1 amide bonds. The van der Waals surface area contributed by atoms with Gasteiger partial charge in [-0.1, -0.05) is 58.5 Å². The normalized spacial score (nSPS) is 16.4. The highest BCUT2D eigenvalue weighted by Gasteiger charge is 2.24. The summed E-state index contributed by atoms with van der Waals surface area (Å²) >= 11 is 0. The van der Waals surface area contributed by atoms with Gasteiger partial charge in [0.1, 0.15) is 6.10 Å². The van der Waals surface area contributed by atoms with Crippen molar-refractivity contribution in [3.05, 3.63) is 35.9 Å². The maximum atomic E-state index is 12.0. The molecule has 0 aliphatic heterocycles. The van der Waals surface area contributed by atoms with Crippen molar-refractivity contribution in [2.75, 3.05) is 0 Å². The van der Waals surface area contributed by atoms with Crippen LogP contribution >= 0.6 is 0 Å². The molecule has 1 fully saturated rings. The van der Waals surface area contributed by atoms with E-state index >= 15 is 0 Å². The van der Waals surface area contributed by atoms with Crippen molar-refractivity contribution < 1.29 is 9.53 Å². The molecule has 0 unspecified atom stereocenters. The Kier molecular flexibility index (Phi) is 6.13. The third-order valence-corrected chi connectivity index (χ3v) is 3.53. The van der Waals surface area contributed by atoms with E-state index in [9.17, 15) is 4.79 Å². The summed E-state index contributed by atoms with van der Waals surface area (Å²) in [4.78, 5) is 16.3. The summed E-state index contributed by atoms with van der Waals surface area (Å²) in [5.41, 5.74) is 1.56. The average molecular weight is 289 g/mol. The smallest absolute Gasteiger partial charge is 0.434 e. The summed E-state index contributed by atoms with van der Waals surface area (Å²) < 4.78 is 5.43. The minimum absolute atomic E-state index is 0. The molecule has 2 rings (SSSR count). The van der Waals surface area contributed by atoms with Crippen molar-refractivity contribution in [3.8, 4) is 0 Å². The van der Waals surface area contributed by atoms with Crippen molar-refractivity contribution in [2.24, 2.45) is 10.4 Å². The van der Waals surface area contributed by atoms with E-state index in [0.29, 0.717) is 0 Å². The first kappa shape index (κ1) is 17.4. The Hall–Kier alpha value is -1.64. The van der Waals surface area contributed by atoms with Gasteiger partial charge in [-0.2, -0.15) is 4.99 Å². The van der Waals surface area contributed by atoms with Crippen LogP contribution in [0.4, 0.5) is 4.79 Å². The topological polar surface area (TPSA) is 38.7 Å². The SMILES string of the molecule is C.CC(C)(C)C(=NC(=O)OC1CCCC1)c1ccccc1. The Morgan fingerprint density at radius 1 is 1.14 bits per heavy atom. The number of hydrogen-bond acceptors (Lipinski definition) is 2. The molecular formula is C18H27NO2. The van der Waals surface area contributed by atoms with Gasteiger partial charge in [0.2, 0.25) is 0 Å². The lowest BCUT2D eigenvalue weighted by Gasteiger charge is -2.21. The van der Waals surface area contributed by atoms with Crippen LogP contribution in [0.5, 0.6) is 0 Å². The van der Waals surface area contributed by atoms with Crippen LogP contribution in [0.25, 0.3) is 0 Å². The Morgan fingerprint density at radius 3 is 2.24 bits per heavy atom. The molecular weight excluding hydrogens is 262 g/mol. The van der Waals surface area contributed by atoms with Gasteiger partial charge in [0.25, 0.3) is 0 Å². The fourth-order valence-corrected chi connectivity index (χ4v) is 2.53. The molecule has 0 saturated heterocycles. The lowest BCUT2D eigenvalue weighted by Crippen LogP contribution is -2.24. The molecule has 0 atom stereocenters. The first-order chi connectivity index (χ1) is 9.47. The van der Waals surface area contributed by atoms with Crippen LogP contribution in [0.1, 0.15) is 59.4 Å². The molecule has 3 heteroatoms. The van der Waals surface area contributed by atoms with E-state index in [4.69, 9.17) is 4.74 Å². The second-order valence-electron chi connectivity index (χ2n) is 6.37. The van der Waals surface area contributed by atoms with Crippen LogP contribution in [-0.4, -0.2) is 17.9 Å². The number of ether oxygens (including phenoxy) is 1. The number of benzene rings is 1. The van der Waals surface area contributed by atoms with E-state index in [1.54, 1.807) is 0 Å². The van der Waals surface area contributed by atoms with Crippen molar-refractivity contribution in [3.63, 3.8) is 0 Å². The summed E-state index contributed by atoms with van der Waals surface area (Å²) in [7, 11) is 0. The van der Waals surface area contributed by atoms with Gasteiger partial charge < -0.3 is 4.74 Å². The summed E-state index contributed by atoms with van der Waals surface area (Å²) in [6, 6.07) is 9.83. The number of hydrogen-bond donors (Lipinski definition) is 0. The van der Waals surface area contributed by atoms with E-state index in [0.717, 1.165) is 37.0 Å². The van der Waals surface area contributed by atoms with E-state index < -0.39 is 6.09 Å². The number of amides is 1. The number of rotatable bonds is 2. The van der Waals surface area contributed by atoms with Gasteiger partial charge in [0.15, 0.2) is 0 Å². The molecule has 3 nitrogen and oxygen atoms in total. The summed E-state index contributed by atoms with van der Waals surface area (Å²) in [6.07, 6.45) is 3.84. The Balaban J connectivity index is 0.00000220. The zero-order valence-corrected chi connectivity index (χ0v) is 12.6. The summed E-state index contributed by atoms with van der Waals surface area (Å²) in [5.74, 6) is 0. The number of aliphatic imine (C=N–C) groups is 1. The van der Waals surface area contributed by atoms with Crippen molar-refractivity contribution in [1.29, 1.82) is 0 Å². The first-order valence-electron chi connectivity index (χ1n) is 7.32. The van der Waals surface area contributed by atoms with Gasteiger partial charge >= 0.3 is 6.09 Å². The fraction of sp³-hybridized carbons (Fsp3) is 0.556. The van der Waals surface area contributed by atoms with Crippen LogP contribution in [-0.2, 0) is 4.74 Å². The molecule has 0 aromatic heterocycles. The van der Waals surface area contributed by atoms with Crippen LogP contribution in [0.3, 0.4) is 0 Å². The molecule has 1 aromatic carbocycles. The minimum Gasteiger partial charge on any atom is -0.445 e. The quantitative estimate of drug-likeness (QED) is 0.698. The zero-order valence-electron chi connectivity index (χ0n) is 12.6. The lowest BCUT2D eigenvalue weighted by molar-refractivity contribution is 0.110. The molecule has 0 N–H and O–H groups in total. The molecule has 1 aliphatic carbocycles. The average Bonchev–Trinajstić information content (AvgIpc) is 2.88. The largest absolute Gasteiger partial charge is 0.445 e. The van der Waals surface area contributed by atoms with Crippen molar-refractivity contribution in [2.45, 2.75) is 60.0 Å². The van der Waals surface area contributed by atoms with E-state index in [-0.39, 0.29) is 18.9 Å². The zero-order chi connectivity index (χ0) is 14.6. The molecule has 116 valence electrons. The van der Waals surface area contributed by atoms with Gasteiger partial charge in [0, 0.05) is 5.41 Å². The second kappa shape index (κ2) is 7.39. The highest BCUT2D eigenvalue weighted by Crippen LogP contribution is 2.24. The maximum absolute atomic E-state index is 12.0. The Bertz CT molecular complexity index is 480. The van der Waals surface area contributed by atoms with E-state index in [2.05, 4.69) is 25.8 Å². The number of carbonyl (C=O) groups is 1. The molecule has 0 heterocycles. The Labute approximate surface area is 128 Å². The van der Waals surface area contributed by atoms with E-state index in [1.807, 2.05) is 30.3 Å². The van der Waals surface area contributed by atoms with Gasteiger partial charge in [-0.3, -0.25) is 0 Å². The third-order valence-electron chi connectivity index (χ3n) is 3.53. The van der Waals surface area contributed by atoms with Crippen molar-refractivity contribution >= 4 is 11.8 Å². The highest BCUT2D eigenvalue weighted by molar-refractivity contribution is 6.08. The highest BCUT2D eigenvalue weighted by atomic mass is 16.6. The third kappa shape index (κ3) is 5.00. The van der Waals surface area contributed by atoms with Gasteiger partial charge in [-0.15, -0.1) is 0 Å². The van der Waals surface area contributed by atoms with Crippen LogP contribution in [0.15, 0.2) is 35.3 Å². The molecule has 1 saturated carbocycles. The van der Waals surface area contributed by atoms with Gasteiger partial charge in [-0.05, 0) is 31.2 Å². The van der Waals surface area contributed by atoms with E-state index in [1.165, 1.54) is 0 Å². The van der Waals surface area contributed by atoms with Crippen LogP contribution in [0.2, 0.25) is 0 Å². The number of carbonyl (C=O) groups excluding carboxylic acids is 1. The molecule has 0 bridgehead atoms. The first-order valence-corrected chi connectivity index (χ1v) is 7.32. The summed E-state index contributed by atoms with van der Waals surface area (Å²) in [5, 5.41) is 0. The minimum atomic E-state index is -0.453. The number of nitrogens with zero attached hydrogens (tertiary/aromatic N) is 1. The van der Waals surface area contributed by atoms with Crippen molar-refractivity contribution in [1.82, 2.24) is 0 Å². The van der Waals surface area contributed by atoms with Gasteiger partial charge in [-0.25, -0.2) is 4.79 Å². The predicted molar refractivity (Wildman–Crippen MR) is 87.9 cm³/mol. The second-order valence-corrected chi connectivity index (χ2v) is 6.37. The molecule has 0 radical (unpaired) electrons. The van der Waals surface area contributed by atoms with Gasteiger partial charge in [0.05, 0.1) is 5.71 Å². The van der Waals surface area contributed by atoms with Crippen LogP contribution in [0, 0.1) is 5.41 Å². The Morgan fingerprint density at radius 2 is 1.71 bits per heavy atom. The molecule has 0 spiro atoms. The standard InChI is InChI=1S/C17H23NO2.CH4/c1-17(2,3)15(13-9-5-4-6-10-13)18-16(19)20-14-11-7-8-12-14;/h4-6,9-10,14H,7-8,11-12H2,1-3H3;1H4. The fourth-order valence-electron chi connectivity index (χ4n) is 2.53. The predicted octanol–water partition coefficient (Wildman–Crippen LogP) is 5.24. The lowest BCUT2D eigenvalue weighted by atomic mass is 9.85. The van der Waals surface area contributed by atoms with Crippen LogP contribution < -0.4 is 0 Å². The molecule has 21 heavy (non-hydrogen) atoms. The molecule has 1 aliphatic rings.